The van der Waals surface area contributed by atoms with E-state index in [-0.39, 0.29) is 18.5 Å². The Morgan fingerprint density at radius 3 is 2.31 bits per heavy atom. The van der Waals surface area contributed by atoms with Crippen LogP contribution >= 0.6 is 27.3 Å². The van der Waals surface area contributed by atoms with E-state index in [1.807, 2.05) is 61.5 Å². The number of carbonyl (C=O) groups excluding carboxylic acids is 2. The van der Waals surface area contributed by atoms with E-state index in [2.05, 4.69) is 46.3 Å². The third-order valence-electron chi connectivity index (χ3n) is 7.11. The molecule has 2 aliphatic carbocycles. The maximum atomic E-state index is 13.4. The van der Waals surface area contributed by atoms with Crippen molar-refractivity contribution in [2.45, 2.75) is 38.2 Å². The molecule has 5 rings (SSSR count). The molecule has 1 aromatic heterocycles. The minimum atomic E-state index is -0.697. The second-order valence-corrected chi connectivity index (χ2v) is 11.6. The fraction of sp³-hybridized carbons (Fsp3) is 0.267. The number of allylic oxidation sites excluding steroid dienone is 4. The van der Waals surface area contributed by atoms with Gasteiger partial charge in [-0.2, -0.15) is 0 Å². The van der Waals surface area contributed by atoms with Crippen molar-refractivity contribution in [3.8, 4) is 0 Å². The summed E-state index contributed by atoms with van der Waals surface area (Å²) in [4.78, 5) is 27.6. The van der Waals surface area contributed by atoms with Gasteiger partial charge in [-0.1, -0.05) is 78.9 Å². The maximum Gasteiger partial charge on any atom is 0.339 e. The van der Waals surface area contributed by atoms with Gasteiger partial charge in [0.1, 0.15) is 6.61 Å². The second-order valence-electron chi connectivity index (χ2n) is 9.19. The van der Waals surface area contributed by atoms with Crippen molar-refractivity contribution in [3.05, 3.63) is 110 Å². The summed E-state index contributed by atoms with van der Waals surface area (Å²) in [6, 6.07) is 21.6. The molecule has 2 aromatic carbocycles. The van der Waals surface area contributed by atoms with E-state index < -0.39 is 10.8 Å². The van der Waals surface area contributed by atoms with Crippen LogP contribution in [0.4, 0.5) is 0 Å². The van der Waals surface area contributed by atoms with Crippen LogP contribution in [-0.4, -0.2) is 18.5 Å². The molecule has 1 unspecified atom stereocenters. The van der Waals surface area contributed by atoms with Gasteiger partial charge in [-0.3, -0.25) is 4.79 Å². The Labute approximate surface area is 223 Å². The summed E-state index contributed by atoms with van der Waals surface area (Å²) in [7, 11) is 0. The first-order chi connectivity index (χ1) is 17.5. The number of carbonyl (C=O) groups is 2. The van der Waals surface area contributed by atoms with Crippen LogP contribution in [0.1, 0.15) is 52.5 Å². The zero-order chi connectivity index (χ0) is 25.2. The molecule has 0 spiro atoms. The molecular weight excluding hydrogens is 536 g/mol. The Morgan fingerprint density at radius 2 is 1.69 bits per heavy atom. The predicted octanol–water partition coefficient (Wildman–Crippen LogP) is 7.49. The van der Waals surface area contributed by atoms with E-state index in [4.69, 9.17) is 9.47 Å². The SMILES string of the molecule is CCOC(=O)C1(C2(c3sc(Br)cc3C(=O)OCc3ccccc3)C=CC(c3ccccc3)=CC2)CC1. The molecule has 0 bridgehead atoms. The van der Waals surface area contributed by atoms with Crippen LogP contribution in [0.25, 0.3) is 5.57 Å². The zero-order valence-corrected chi connectivity index (χ0v) is 22.4. The number of thiophene rings is 1. The van der Waals surface area contributed by atoms with Gasteiger partial charge in [0, 0.05) is 10.3 Å². The van der Waals surface area contributed by atoms with Gasteiger partial charge in [0.25, 0.3) is 0 Å². The van der Waals surface area contributed by atoms with Crippen molar-refractivity contribution in [1.29, 1.82) is 0 Å². The number of benzene rings is 2. The quantitative estimate of drug-likeness (QED) is 0.267. The van der Waals surface area contributed by atoms with Crippen molar-refractivity contribution in [3.63, 3.8) is 0 Å². The summed E-state index contributed by atoms with van der Waals surface area (Å²) in [6.45, 7) is 2.35. The molecule has 0 aliphatic heterocycles. The van der Waals surface area contributed by atoms with Gasteiger partial charge < -0.3 is 9.47 Å². The average Bonchev–Trinajstić information content (AvgIpc) is 3.65. The van der Waals surface area contributed by atoms with E-state index in [9.17, 15) is 9.59 Å². The molecule has 36 heavy (non-hydrogen) atoms. The molecule has 1 saturated carbocycles. The fourth-order valence-corrected chi connectivity index (χ4v) is 6.96. The lowest BCUT2D eigenvalue weighted by atomic mass is 9.65. The van der Waals surface area contributed by atoms with Gasteiger partial charge in [-0.05, 0) is 64.9 Å². The molecule has 184 valence electrons. The summed E-state index contributed by atoms with van der Waals surface area (Å²) >= 11 is 5.09. The Balaban J connectivity index is 1.53. The van der Waals surface area contributed by atoms with Crippen LogP contribution in [0.3, 0.4) is 0 Å². The van der Waals surface area contributed by atoms with Crippen LogP contribution in [0.5, 0.6) is 0 Å². The van der Waals surface area contributed by atoms with E-state index in [1.165, 1.54) is 11.3 Å². The van der Waals surface area contributed by atoms with Gasteiger partial charge in [0.05, 0.1) is 21.4 Å². The first-order valence-corrected chi connectivity index (χ1v) is 13.7. The highest BCUT2D eigenvalue weighted by molar-refractivity contribution is 9.11. The molecule has 2 aliphatic rings. The van der Waals surface area contributed by atoms with Gasteiger partial charge in [0.15, 0.2) is 0 Å². The Kier molecular flexibility index (Phi) is 7.00. The van der Waals surface area contributed by atoms with Gasteiger partial charge in [-0.15, -0.1) is 11.3 Å². The van der Waals surface area contributed by atoms with Crippen LogP contribution in [0, 0.1) is 5.41 Å². The Bertz CT molecular complexity index is 1320. The van der Waals surface area contributed by atoms with Crippen molar-refractivity contribution in [2.75, 3.05) is 6.61 Å². The van der Waals surface area contributed by atoms with Crippen molar-refractivity contribution in [2.24, 2.45) is 5.41 Å². The summed E-state index contributed by atoms with van der Waals surface area (Å²) < 4.78 is 12.1. The van der Waals surface area contributed by atoms with E-state index in [0.29, 0.717) is 18.6 Å². The fourth-order valence-electron chi connectivity index (χ4n) is 5.10. The van der Waals surface area contributed by atoms with Crippen molar-refractivity contribution < 1.29 is 19.1 Å². The molecule has 6 heteroatoms. The standard InChI is InChI=1S/C30H27BrO4S/c1-2-34-28(33)30(17-18-30)29(15-13-23(14-16-29)22-11-7-4-8-12-22)26-24(19-25(31)36-26)27(32)35-20-21-9-5-3-6-10-21/h3-15,19H,2,16-18,20H2,1H3. The summed E-state index contributed by atoms with van der Waals surface area (Å²) in [5.41, 5.74) is 2.27. The summed E-state index contributed by atoms with van der Waals surface area (Å²) in [5.74, 6) is -0.583. The largest absolute Gasteiger partial charge is 0.466 e. The average molecular weight is 564 g/mol. The van der Waals surface area contributed by atoms with E-state index in [0.717, 1.165) is 38.2 Å². The molecule has 1 heterocycles. The lowest BCUT2D eigenvalue weighted by Gasteiger charge is -2.39. The molecule has 1 atom stereocenters. The number of hydrogen-bond donors (Lipinski definition) is 0. The lowest BCUT2D eigenvalue weighted by Crippen LogP contribution is -2.42. The molecule has 0 saturated heterocycles. The molecule has 3 aromatic rings. The van der Waals surface area contributed by atoms with Crippen LogP contribution < -0.4 is 0 Å². The summed E-state index contributed by atoms with van der Waals surface area (Å²) in [6.07, 6.45) is 8.44. The highest BCUT2D eigenvalue weighted by atomic mass is 79.9. The monoisotopic (exact) mass is 562 g/mol. The molecule has 1 fully saturated rings. The van der Waals surface area contributed by atoms with Gasteiger partial charge >= 0.3 is 11.9 Å². The molecular formula is C30H27BrO4S. The second kappa shape index (κ2) is 10.2. The molecule has 0 amide bonds. The van der Waals surface area contributed by atoms with E-state index >= 15 is 0 Å². The van der Waals surface area contributed by atoms with Crippen LogP contribution in [-0.2, 0) is 26.3 Å². The van der Waals surface area contributed by atoms with Crippen LogP contribution in [0.15, 0.2) is 88.7 Å². The maximum absolute atomic E-state index is 13.4. The smallest absolute Gasteiger partial charge is 0.339 e. The molecule has 4 nitrogen and oxygen atoms in total. The predicted molar refractivity (Wildman–Crippen MR) is 146 cm³/mol. The minimum Gasteiger partial charge on any atom is -0.466 e. The normalized spacial score (nSPS) is 19.9. The van der Waals surface area contributed by atoms with Crippen molar-refractivity contribution in [1.82, 2.24) is 0 Å². The third-order valence-corrected chi connectivity index (χ3v) is 8.92. The van der Waals surface area contributed by atoms with Crippen LogP contribution in [0.2, 0.25) is 0 Å². The van der Waals surface area contributed by atoms with Gasteiger partial charge in [-0.25, -0.2) is 4.79 Å². The number of rotatable bonds is 8. The highest BCUT2D eigenvalue weighted by Gasteiger charge is 2.66. The number of halogens is 1. The topological polar surface area (TPSA) is 52.6 Å². The minimum absolute atomic E-state index is 0.191. The van der Waals surface area contributed by atoms with Crippen molar-refractivity contribution >= 4 is 44.8 Å². The number of esters is 2. The lowest BCUT2D eigenvalue weighted by molar-refractivity contribution is -0.152. The zero-order valence-electron chi connectivity index (χ0n) is 20.0. The Morgan fingerprint density at radius 1 is 1.00 bits per heavy atom. The molecule has 0 radical (unpaired) electrons. The third kappa shape index (κ3) is 4.48. The number of hydrogen-bond acceptors (Lipinski definition) is 5. The summed E-state index contributed by atoms with van der Waals surface area (Å²) in [5, 5.41) is 0. The first-order valence-electron chi connectivity index (χ1n) is 12.1. The first kappa shape index (κ1) is 24.7. The highest BCUT2D eigenvalue weighted by Crippen LogP contribution is 2.65. The van der Waals surface area contributed by atoms with Gasteiger partial charge in [0.2, 0.25) is 0 Å². The number of ether oxygens (including phenoxy) is 2. The molecule has 0 N–H and O–H groups in total. The Hall–Kier alpha value is -2.96. The van der Waals surface area contributed by atoms with E-state index in [1.54, 1.807) is 0 Å².